The van der Waals surface area contributed by atoms with Crippen molar-refractivity contribution in [2.45, 2.75) is 25.5 Å². The summed E-state index contributed by atoms with van der Waals surface area (Å²) in [4.78, 5) is 18.0. The molecule has 1 saturated heterocycles. The van der Waals surface area contributed by atoms with Crippen LogP contribution in [0.2, 0.25) is 0 Å². The number of anilines is 1. The number of rotatable bonds is 3. The van der Waals surface area contributed by atoms with Crippen LogP contribution in [0.25, 0.3) is 10.9 Å². The average Bonchev–Trinajstić information content (AvgIpc) is 2.91. The van der Waals surface area contributed by atoms with Crippen LogP contribution >= 0.6 is 0 Å². The molecule has 1 fully saturated rings. The Morgan fingerprint density at radius 1 is 1.43 bits per heavy atom. The highest BCUT2D eigenvalue weighted by molar-refractivity contribution is 5.84. The summed E-state index contributed by atoms with van der Waals surface area (Å²) < 4.78 is 5.34. The molecule has 21 heavy (non-hydrogen) atoms. The molecule has 110 valence electrons. The number of hydrogen-bond donors (Lipinski definition) is 1. The fourth-order valence-electron chi connectivity index (χ4n) is 2.94. The lowest BCUT2D eigenvalue weighted by Crippen LogP contribution is -2.37. The molecule has 0 amide bonds. The van der Waals surface area contributed by atoms with Gasteiger partial charge in [0, 0.05) is 25.5 Å². The number of methoxy groups -OCH3 is 1. The minimum Gasteiger partial charge on any atom is -0.480 e. The van der Waals surface area contributed by atoms with Gasteiger partial charge in [-0.05, 0) is 24.6 Å². The Hall–Kier alpha value is -2.14. The van der Waals surface area contributed by atoms with Gasteiger partial charge in [-0.2, -0.15) is 0 Å². The Balaban J connectivity index is 2.05. The summed E-state index contributed by atoms with van der Waals surface area (Å²) in [6.07, 6.45) is 0.415. The molecule has 2 atom stereocenters. The zero-order valence-electron chi connectivity index (χ0n) is 12.1. The van der Waals surface area contributed by atoms with E-state index >= 15 is 0 Å². The minimum atomic E-state index is -0.830. The zero-order valence-corrected chi connectivity index (χ0v) is 12.1. The SMILES string of the molecule is COC1CC(C(=O)O)N(c2nc3ccccc3cc2C)C1. The molecular formula is C16H18N2O3. The molecule has 0 aliphatic carbocycles. The third-order valence-electron chi connectivity index (χ3n) is 4.04. The summed E-state index contributed by atoms with van der Waals surface area (Å²) in [5.74, 6) is -0.0930. The molecule has 1 aromatic heterocycles. The highest BCUT2D eigenvalue weighted by Crippen LogP contribution is 2.30. The smallest absolute Gasteiger partial charge is 0.326 e. The number of benzene rings is 1. The van der Waals surface area contributed by atoms with Gasteiger partial charge >= 0.3 is 5.97 Å². The number of aromatic nitrogens is 1. The number of pyridine rings is 1. The average molecular weight is 286 g/mol. The number of nitrogens with zero attached hydrogens (tertiary/aromatic N) is 2. The molecule has 2 unspecified atom stereocenters. The maximum Gasteiger partial charge on any atom is 0.326 e. The summed E-state index contributed by atoms with van der Waals surface area (Å²) in [6.45, 7) is 2.52. The van der Waals surface area contributed by atoms with Crippen molar-refractivity contribution < 1.29 is 14.6 Å². The first kappa shape index (κ1) is 13.8. The van der Waals surface area contributed by atoms with E-state index in [1.807, 2.05) is 36.1 Å². The van der Waals surface area contributed by atoms with Gasteiger partial charge in [-0.1, -0.05) is 18.2 Å². The van der Waals surface area contributed by atoms with Gasteiger partial charge in [0.05, 0.1) is 11.6 Å². The molecule has 0 bridgehead atoms. The molecule has 0 radical (unpaired) electrons. The molecule has 5 heteroatoms. The van der Waals surface area contributed by atoms with E-state index in [1.165, 1.54) is 0 Å². The topological polar surface area (TPSA) is 62.7 Å². The molecule has 1 aromatic carbocycles. The monoisotopic (exact) mass is 286 g/mol. The second kappa shape index (κ2) is 5.33. The largest absolute Gasteiger partial charge is 0.480 e. The molecule has 2 aromatic rings. The van der Waals surface area contributed by atoms with Crippen LogP contribution in [0.4, 0.5) is 5.82 Å². The third kappa shape index (κ3) is 2.45. The Morgan fingerprint density at radius 3 is 2.90 bits per heavy atom. The van der Waals surface area contributed by atoms with Crippen LogP contribution in [0.1, 0.15) is 12.0 Å². The summed E-state index contributed by atoms with van der Waals surface area (Å²) in [5, 5.41) is 10.5. The van der Waals surface area contributed by atoms with Crippen molar-refractivity contribution >= 4 is 22.7 Å². The van der Waals surface area contributed by atoms with Crippen LogP contribution in [0.5, 0.6) is 0 Å². The maximum absolute atomic E-state index is 11.5. The van der Waals surface area contributed by atoms with Crippen LogP contribution < -0.4 is 4.90 Å². The quantitative estimate of drug-likeness (QED) is 0.937. The van der Waals surface area contributed by atoms with Crippen LogP contribution in [0.3, 0.4) is 0 Å². The third-order valence-corrected chi connectivity index (χ3v) is 4.04. The number of fused-ring (bicyclic) bond motifs is 1. The van der Waals surface area contributed by atoms with Gasteiger partial charge in [0.15, 0.2) is 0 Å². The molecule has 3 rings (SSSR count). The van der Waals surface area contributed by atoms with E-state index < -0.39 is 12.0 Å². The van der Waals surface area contributed by atoms with Crippen LogP contribution in [-0.4, -0.2) is 41.9 Å². The Kier molecular flexibility index (Phi) is 3.51. The zero-order chi connectivity index (χ0) is 15.0. The van der Waals surface area contributed by atoms with Crippen molar-refractivity contribution in [3.63, 3.8) is 0 Å². The van der Waals surface area contributed by atoms with Crippen molar-refractivity contribution in [2.24, 2.45) is 0 Å². The van der Waals surface area contributed by atoms with Gasteiger partial charge in [-0.25, -0.2) is 9.78 Å². The van der Waals surface area contributed by atoms with Gasteiger partial charge in [0.2, 0.25) is 0 Å². The van der Waals surface area contributed by atoms with E-state index in [4.69, 9.17) is 4.74 Å². The molecule has 0 spiro atoms. The molecule has 1 aliphatic heterocycles. The number of aryl methyl sites for hydroxylation is 1. The molecule has 0 saturated carbocycles. The van der Waals surface area contributed by atoms with Crippen molar-refractivity contribution in [2.75, 3.05) is 18.6 Å². The van der Waals surface area contributed by atoms with E-state index in [-0.39, 0.29) is 6.10 Å². The van der Waals surface area contributed by atoms with Crippen molar-refractivity contribution in [1.29, 1.82) is 0 Å². The molecular weight excluding hydrogens is 268 g/mol. The molecule has 1 aliphatic rings. The minimum absolute atomic E-state index is 0.0706. The molecule has 5 nitrogen and oxygen atoms in total. The number of carboxylic acids is 1. The predicted molar refractivity (Wildman–Crippen MR) is 80.7 cm³/mol. The number of para-hydroxylation sites is 1. The first-order valence-corrected chi connectivity index (χ1v) is 6.99. The van der Waals surface area contributed by atoms with Crippen molar-refractivity contribution in [1.82, 2.24) is 4.98 Å². The first-order valence-electron chi connectivity index (χ1n) is 6.99. The van der Waals surface area contributed by atoms with E-state index in [0.29, 0.717) is 13.0 Å². The lowest BCUT2D eigenvalue weighted by Gasteiger charge is -2.24. The Labute approximate surface area is 123 Å². The maximum atomic E-state index is 11.5. The van der Waals surface area contributed by atoms with Gasteiger partial charge in [-0.3, -0.25) is 0 Å². The second-order valence-electron chi connectivity index (χ2n) is 5.42. The number of aliphatic carboxylic acids is 1. The Bertz CT molecular complexity index is 686. The first-order chi connectivity index (χ1) is 10.1. The molecule has 1 N–H and O–H groups in total. The standard InChI is InChI=1S/C16H18N2O3/c1-10-7-11-5-3-4-6-13(11)17-15(10)18-9-12(21-2)8-14(18)16(19)20/h3-7,12,14H,8-9H2,1-2H3,(H,19,20). The van der Waals surface area contributed by atoms with E-state index in [2.05, 4.69) is 11.1 Å². The number of ether oxygens (including phenoxy) is 1. The van der Waals surface area contributed by atoms with Crippen molar-refractivity contribution in [3.8, 4) is 0 Å². The lowest BCUT2D eigenvalue weighted by atomic mass is 10.1. The van der Waals surface area contributed by atoms with Crippen LogP contribution in [0, 0.1) is 6.92 Å². The molecule has 2 heterocycles. The van der Waals surface area contributed by atoms with Crippen LogP contribution in [0.15, 0.2) is 30.3 Å². The summed E-state index contributed by atoms with van der Waals surface area (Å²) in [6, 6.07) is 9.33. The van der Waals surface area contributed by atoms with Gasteiger partial charge in [0.1, 0.15) is 11.9 Å². The van der Waals surface area contributed by atoms with E-state index in [1.54, 1.807) is 7.11 Å². The second-order valence-corrected chi connectivity index (χ2v) is 5.42. The van der Waals surface area contributed by atoms with Crippen molar-refractivity contribution in [3.05, 3.63) is 35.9 Å². The fourth-order valence-corrected chi connectivity index (χ4v) is 2.94. The number of hydrogen-bond acceptors (Lipinski definition) is 4. The summed E-state index contributed by atoms with van der Waals surface area (Å²) in [7, 11) is 1.62. The number of carboxylic acid groups (broad SMARTS) is 1. The summed E-state index contributed by atoms with van der Waals surface area (Å²) in [5.41, 5.74) is 1.86. The number of carbonyl (C=O) groups is 1. The predicted octanol–water partition coefficient (Wildman–Crippen LogP) is 2.22. The van der Waals surface area contributed by atoms with E-state index in [9.17, 15) is 9.90 Å². The highest BCUT2D eigenvalue weighted by Gasteiger charge is 2.38. The lowest BCUT2D eigenvalue weighted by molar-refractivity contribution is -0.138. The summed E-state index contributed by atoms with van der Waals surface area (Å²) >= 11 is 0. The van der Waals surface area contributed by atoms with Gasteiger partial charge in [-0.15, -0.1) is 0 Å². The Morgan fingerprint density at radius 2 is 2.19 bits per heavy atom. The van der Waals surface area contributed by atoms with E-state index in [0.717, 1.165) is 22.3 Å². The van der Waals surface area contributed by atoms with Crippen LogP contribution in [-0.2, 0) is 9.53 Å². The normalized spacial score (nSPS) is 21.9. The van der Waals surface area contributed by atoms with Gasteiger partial charge < -0.3 is 14.7 Å². The fraction of sp³-hybridized carbons (Fsp3) is 0.375. The highest BCUT2D eigenvalue weighted by atomic mass is 16.5. The van der Waals surface area contributed by atoms with Gasteiger partial charge in [0.25, 0.3) is 0 Å².